The molecule has 1 aromatic heterocycles. The van der Waals surface area contributed by atoms with Crippen LogP contribution in [0.4, 0.5) is 5.69 Å². The van der Waals surface area contributed by atoms with Crippen molar-refractivity contribution in [3.63, 3.8) is 0 Å². The third-order valence-corrected chi connectivity index (χ3v) is 4.68. The van der Waals surface area contributed by atoms with Gasteiger partial charge in [0.1, 0.15) is 29.1 Å². The highest BCUT2D eigenvalue weighted by atomic mass is 16.5. The summed E-state index contributed by atoms with van der Waals surface area (Å²) in [6.45, 7) is 1.74. The molecule has 0 atom stereocenters. The van der Waals surface area contributed by atoms with E-state index in [0.717, 1.165) is 5.56 Å². The van der Waals surface area contributed by atoms with Crippen molar-refractivity contribution in [1.29, 1.82) is 0 Å². The normalized spacial score (nSPS) is 10.6. The number of nitrogens with one attached hydrogen (secondary N) is 1. The summed E-state index contributed by atoms with van der Waals surface area (Å²) in [7, 11) is 1.57. The van der Waals surface area contributed by atoms with Crippen LogP contribution in [0, 0.1) is 6.92 Å². The Kier molecular flexibility index (Phi) is 6.07. The van der Waals surface area contributed by atoms with E-state index in [-0.39, 0.29) is 23.7 Å². The lowest BCUT2D eigenvalue weighted by Crippen LogP contribution is -2.20. The van der Waals surface area contributed by atoms with Gasteiger partial charge in [0.15, 0.2) is 6.61 Å². The second-order valence-electron chi connectivity index (χ2n) is 7.07. The lowest BCUT2D eigenvalue weighted by Gasteiger charge is -2.09. The maximum Gasteiger partial charge on any atom is 0.262 e. The molecule has 0 saturated heterocycles. The van der Waals surface area contributed by atoms with E-state index in [1.807, 2.05) is 25.1 Å². The molecule has 4 rings (SSSR count). The molecule has 0 saturated carbocycles. The standard InChI is InChI=1S/C25H21NO6/c1-16-4-3-5-20(12-16)32-23-14-31-22-13-19(10-11-21(22)25(23)28)30-15-24(27)26-17-6-8-18(29-2)9-7-17/h3-14H,15H2,1-2H3,(H,26,27). The molecule has 0 unspecified atom stereocenters. The third-order valence-electron chi connectivity index (χ3n) is 4.68. The molecular formula is C25H21NO6. The lowest BCUT2D eigenvalue weighted by molar-refractivity contribution is -0.118. The number of aryl methyl sites for hydroxylation is 1. The van der Waals surface area contributed by atoms with Crippen molar-refractivity contribution in [2.75, 3.05) is 19.0 Å². The minimum Gasteiger partial charge on any atom is -0.497 e. The van der Waals surface area contributed by atoms with E-state index < -0.39 is 0 Å². The van der Waals surface area contributed by atoms with Crippen LogP contribution in [0.15, 0.2) is 82.2 Å². The first kappa shape index (κ1) is 21.0. The fourth-order valence-corrected chi connectivity index (χ4v) is 3.08. The number of carbonyl (C=O) groups excluding carboxylic acids is 1. The van der Waals surface area contributed by atoms with Gasteiger partial charge in [-0.3, -0.25) is 9.59 Å². The number of ether oxygens (including phenoxy) is 3. The molecule has 7 nitrogen and oxygen atoms in total. The minimum atomic E-state index is -0.321. The van der Waals surface area contributed by atoms with Crippen molar-refractivity contribution >= 4 is 22.6 Å². The van der Waals surface area contributed by atoms with Crippen molar-refractivity contribution < 1.29 is 23.4 Å². The van der Waals surface area contributed by atoms with Gasteiger partial charge in [-0.25, -0.2) is 0 Å². The topological polar surface area (TPSA) is 87.0 Å². The molecule has 0 aliphatic carbocycles. The van der Waals surface area contributed by atoms with Gasteiger partial charge in [-0.1, -0.05) is 12.1 Å². The van der Waals surface area contributed by atoms with E-state index in [9.17, 15) is 9.59 Å². The number of amides is 1. The predicted molar refractivity (Wildman–Crippen MR) is 121 cm³/mol. The van der Waals surface area contributed by atoms with Gasteiger partial charge >= 0.3 is 0 Å². The fourth-order valence-electron chi connectivity index (χ4n) is 3.08. The number of rotatable bonds is 7. The highest BCUT2D eigenvalue weighted by Crippen LogP contribution is 2.24. The fraction of sp³-hybridized carbons (Fsp3) is 0.120. The number of anilines is 1. The number of hydrogen-bond donors (Lipinski definition) is 1. The average molecular weight is 431 g/mol. The molecule has 3 aromatic carbocycles. The zero-order chi connectivity index (χ0) is 22.5. The first-order chi connectivity index (χ1) is 15.5. The highest BCUT2D eigenvalue weighted by Gasteiger charge is 2.11. The molecule has 32 heavy (non-hydrogen) atoms. The van der Waals surface area contributed by atoms with Gasteiger partial charge in [0.05, 0.1) is 12.5 Å². The summed E-state index contributed by atoms with van der Waals surface area (Å²) in [5.74, 6) is 1.43. The van der Waals surface area contributed by atoms with Crippen LogP contribution in [-0.2, 0) is 4.79 Å². The van der Waals surface area contributed by atoms with Gasteiger partial charge in [0.25, 0.3) is 5.91 Å². The van der Waals surface area contributed by atoms with E-state index in [4.69, 9.17) is 18.6 Å². The quantitative estimate of drug-likeness (QED) is 0.447. The van der Waals surface area contributed by atoms with Crippen LogP contribution in [0.25, 0.3) is 11.0 Å². The number of methoxy groups -OCH3 is 1. The summed E-state index contributed by atoms with van der Waals surface area (Å²) in [6, 6.07) is 19.1. The molecular weight excluding hydrogens is 410 g/mol. The summed E-state index contributed by atoms with van der Waals surface area (Å²) in [6.07, 6.45) is 1.27. The Labute approximate surface area is 184 Å². The maximum absolute atomic E-state index is 12.7. The molecule has 0 aliphatic rings. The Hall–Kier alpha value is -4.26. The zero-order valence-corrected chi connectivity index (χ0v) is 17.6. The minimum absolute atomic E-state index is 0.0932. The van der Waals surface area contributed by atoms with Crippen molar-refractivity contribution in [2.24, 2.45) is 0 Å². The molecule has 0 spiro atoms. The zero-order valence-electron chi connectivity index (χ0n) is 17.6. The number of hydrogen-bond acceptors (Lipinski definition) is 6. The van der Waals surface area contributed by atoms with E-state index >= 15 is 0 Å². The Morgan fingerprint density at radius 3 is 2.50 bits per heavy atom. The van der Waals surface area contributed by atoms with Crippen molar-refractivity contribution in [3.8, 4) is 23.0 Å². The van der Waals surface area contributed by atoms with Crippen molar-refractivity contribution in [1.82, 2.24) is 0 Å². The van der Waals surface area contributed by atoms with E-state index in [1.54, 1.807) is 55.6 Å². The van der Waals surface area contributed by atoms with Gasteiger partial charge in [-0.15, -0.1) is 0 Å². The molecule has 1 N–H and O–H groups in total. The summed E-state index contributed by atoms with van der Waals surface area (Å²) < 4.78 is 21.9. The smallest absolute Gasteiger partial charge is 0.262 e. The Morgan fingerprint density at radius 2 is 1.75 bits per heavy atom. The second-order valence-corrected chi connectivity index (χ2v) is 7.07. The third kappa shape index (κ3) is 4.89. The molecule has 1 heterocycles. The van der Waals surface area contributed by atoms with Crippen LogP contribution in [0.3, 0.4) is 0 Å². The number of benzene rings is 3. The van der Waals surface area contributed by atoms with Gasteiger partial charge in [-0.05, 0) is 61.0 Å². The van der Waals surface area contributed by atoms with Crippen LogP contribution in [0.2, 0.25) is 0 Å². The van der Waals surface area contributed by atoms with Gasteiger partial charge < -0.3 is 23.9 Å². The van der Waals surface area contributed by atoms with Crippen LogP contribution in [-0.4, -0.2) is 19.6 Å². The molecule has 0 radical (unpaired) electrons. The summed E-state index contributed by atoms with van der Waals surface area (Å²) in [4.78, 5) is 24.9. The highest BCUT2D eigenvalue weighted by molar-refractivity contribution is 5.92. The monoisotopic (exact) mass is 431 g/mol. The SMILES string of the molecule is COc1ccc(NC(=O)COc2ccc3c(=O)c(Oc4cccc(C)c4)coc3c2)cc1. The number of fused-ring (bicyclic) bond motifs is 1. The molecule has 162 valence electrons. The van der Waals surface area contributed by atoms with Crippen LogP contribution >= 0.6 is 0 Å². The maximum atomic E-state index is 12.7. The predicted octanol–water partition coefficient (Wildman–Crippen LogP) is 4.92. The molecule has 0 bridgehead atoms. The Bertz CT molecular complexity index is 1310. The number of carbonyl (C=O) groups is 1. The molecule has 4 aromatic rings. The molecule has 0 aliphatic heterocycles. The van der Waals surface area contributed by atoms with Gasteiger partial charge in [0, 0.05) is 11.8 Å². The first-order valence-electron chi connectivity index (χ1n) is 9.88. The van der Waals surface area contributed by atoms with E-state index in [2.05, 4.69) is 5.32 Å². The van der Waals surface area contributed by atoms with E-state index in [1.165, 1.54) is 6.26 Å². The molecule has 7 heteroatoms. The van der Waals surface area contributed by atoms with Gasteiger partial charge in [0.2, 0.25) is 11.2 Å². The Balaban J connectivity index is 1.43. The van der Waals surface area contributed by atoms with Crippen molar-refractivity contribution in [3.05, 3.63) is 88.8 Å². The van der Waals surface area contributed by atoms with Crippen LogP contribution in [0.5, 0.6) is 23.0 Å². The van der Waals surface area contributed by atoms with Crippen LogP contribution < -0.4 is 25.0 Å². The lowest BCUT2D eigenvalue weighted by atomic mass is 10.2. The summed E-state index contributed by atoms with van der Waals surface area (Å²) in [5, 5.41) is 3.09. The molecule has 0 fully saturated rings. The first-order valence-corrected chi connectivity index (χ1v) is 9.88. The largest absolute Gasteiger partial charge is 0.497 e. The van der Waals surface area contributed by atoms with Crippen molar-refractivity contribution in [2.45, 2.75) is 6.92 Å². The van der Waals surface area contributed by atoms with E-state index in [0.29, 0.717) is 33.9 Å². The average Bonchev–Trinajstić information content (AvgIpc) is 2.80. The van der Waals surface area contributed by atoms with Gasteiger partial charge in [-0.2, -0.15) is 0 Å². The summed E-state index contributed by atoms with van der Waals surface area (Å²) in [5.41, 5.74) is 1.69. The van der Waals surface area contributed by atoms with Crippen LogP contribution in [0.1, 0.15) is 5.56 Å². The Morgan fingerprint density at radius 1 is 0.969 bits per heavy atom. The second kappa shape index (κ2) is 9.26. The summed E-state index contributed by atoms with van der Waals surface area (Å²) >= 11 is 0. The molecule has 1 amide bonds.